The lowest BCUT2D eigenvalue weighted by Gasteiger charge is -2.09. The first-order valence-corrected chi connectivity index (χ1v) is 6.63. The molecule has 1 aromatic rings. The van der Waals surface area contributed by atoms with Crippen LogP contribution in [0, 0.1) is 0 Å². The van der Waals surface area contributed by atoms with Gasteiger partial charge in [0.05, 0.1) is 11.3 Å². The third-order valence-electron chi connectivity index (χ3n) is 2.47. The number of carboxylic acids is 1. The molecule has 0 saturated carbocycles. The Hall–Kier alpha value is -1.89. The summed E-state index contributed by atoms with van der Waals surface area (Å²) >= 11 is 0. The summed E-state index contributed by atoms with van der Waals surface area (Å²) in [5.41, 5.74) is 5.44. The van der Waals surface area contributed by atoms with Gasteiger partial charge < -0.3 is 10.8 Å². The van der Waals surface area contributed by atoms with Gasteiger partial charge in [-0.1, -0.05) is 12.1 Å². The van der Waals surface area contributed by atoms with E-state index in [1.54, 1.807) is 0 Å². The second kappa shape index (κ2) is 5.18. The molecule has 0 saturated heterocycles. The van der Waals surface area contributed by atoms with Gasteiger partial charge in [-0.3, -0.25) is 9.59 Å². The maximum atomic E-state index is 11.9. The zero-order chi connectivity index (χ0) is 13.9. The summed E-state index contributed by atoms with van der Waals surface area (Å²) in [6.45, 7) is 1.21. The van der Waals surface area contributed by atoms with Crippen molar-refractivity contribution >= 4 is 21.7 Å². The van der Waals surface area contributed by atoms with E-state index in [-0.39, 0.29) is 11.3 Å². The van der Waals surface area contributed by atoms with Gasteiger partial charge in [0.1, 0.15) is 5.25 Å². The van der Waals surface area contributed by atoms with Gasteiger partial charge in [-0.05, 0) is 24.6 Å². The maximum absolute atomic E-state index is 11.9. The van der Waals surface area contributed by atoms with Crippen LogP contribution in [-0.4, -0.2) is 30.7 Å². The molecule has 0 spiro atoms. The average molecular weight is 271 g/mol. The van der Waals surface area contributed by atoms with Gasteiger partial charge in [-0.2, -0.15) is 0 Å². The number of hydrogen-bond acceptors (Lipinski definition) is 4. The largest absolute Gasteiger partial charge is 0.481 e. The predicted octanol–water partition coefficient (Wildman–Crippen LogP) is -0.0388. The van der Waals surface area contributed by atoms with Gasteiger partial charge in [0.25, 0.3) is 0 Å². The fraction of sp³-hybridized carbons (Fsp3) is 0.273. The molecule has 1 rings (SSSR count). The SMILES string of the molecule is CC(C(N)=O)S(=O)(=O)c1ccc(CC(=O)O)cc1. The Morgan fingerprint density at radius 2 is 1.78 bits per heavy atom. The minimum absolute atomic E-state index is 0.0528. The average Bonchev–Trinajstić information content (AvgIpc) is 2.27. The van der Waals surface area contributed by atoms with Crippen molar-refractivity contribution in [3.8, 4) is 0 Å². The molecular weight excluding hydrogens is 258 g/mol. The van der Waals surface area contributed by atoms with Crippen LogP contribution >= 0.6 is 0 Å². The molecule has 0 heterocycles. The Labute approximate surface area is 104 Å². The van der Waals surface area contributed by atoms with Gasteiger partial charge in [-0.25, -0.2) is 8.42 Å². The first-order valence-electron chi connectivity index (χ1n) is 5.09. The number of carbonyl (C=O) groups excluding carboxylic acids is 1. The quantitative estimate of drug-likeness (QED) is 0.779. The van der Waals surface area contributed by atoms with Crippen LogP contribution in [0.1, 0.15) is 12.5 Å². The van der Waals surface area contributed by atoms with Crippen molar-refractivity contribution in [1.29, 1.82) is 0 Å². The smallest absolute Gasteiger partial charge is 0.307 e. The van der Waals surface area contributed by atoms with Crippen molar-refractivity contribution in [2.24, 2.45) is 5.73 Å². The Balaban J connectivity index is 3.05. The number of carboxylic acid groups (broad SMARTS) is 1. The lowest BCUT2D eigenvalue weighted by atomic mass is 10.2. The molecule has 0 radical (unpaired) electrons. The Morgan fingerprint density at radius 1 is 1.28 bits per heavy atom. The number of benzene rings is 1. The van der Waals surface area contributed by atoms with Crippen molar-refractivity contribution < 1.29 is 23.1 Å². The molecule has 1 amide bonds. The summed E-state index contributed by atoms with van der Waals surface area (Å²) in [5, 5.41) is 7.26. The molecule has 18 heavy (non-hydrogen) atoms. The molecule has 0 aromatic heterocycles. The molecule has 0 aliphatic rings. The molecule has 0 bridgehead atoms. The van der Waals surface area contributed by atoms with E-state index in [2.05, 4.69) is 0 Å². The predicted molar refractivity (Wildman–Crippen MR) is 63.6 cm³/mol. The topological polar surface area (TPSA) is 115 Å². The molecule has 1 atom stereocenters. The van der Waals surface area contributed by atoms with Crippen molar-refractivity contribution in [3.63, 3.8) is 0 Å². The number of amides is 1. The molecule has 3 N–H and O–H groups in total. The highest BCUT2D eigenvalue weighted by molar-refractivity contribution is 7.92. The van der Waals surface area contributed by atoms with E-state index in [1.165, 1.54) is 31.2 Å². The second-order valence-corrected chi connectivity index (χ2v) is 6.07. The fourth-order valence-electron chi connectivity index (χ4n) is 1.33. The second-order valence-electron chi connectivity index (χ2n) is 3.80. The summed E-state index contributed by atoms with van der Waals surface area (Å²) in [5.74, 6) is -1.93. The van der Waals surface area contributed by atoms with Crippen molar-refractivity contribution in [3.05, 3.63) is 29.8 Å². The number of rotatable bonds is 5. The van der Waals surface area contributed by atoms with Crippen LogP contribution in [-0.2, 0) is 25.8 Å². The standard InChI is InChI=1S/C11H13NO5S/c1-7(11(12)15)18(16,17)9-4-2-8(3-5-9)6-10(13)14/h2-5,7H,6H2,1H3,(H2,12,15)(H,13,14). The van der Waals surface area contributed by atoms with Crippen LogP contribution in [0.15, 0.2) is 29.2 Å². The van der Waals surface area contributed by atoms with Gasteiger partial charge in [0.15, 0.2) is 9.84 Å². The third kappa shape index (κ3) is 3.07. The lowest BCUT2D eigenvalue weighted by Crippen LogP contribution is -2.33. The summed E-state index contributed by atoms with van der Waals surface area (Å²) < 4.78 is 23.8. The molecule has 7 heteroatoms. The normalized spacial score (nSPS) is 12.9. The molecule has 0 fully saturated rings. The highest BCUT2D eigenvalue weighted by Gasteiger charge is 2.27. The number of nitrogens with two attached hydrogens (primary N) is 1. The van der Waals surface area contributed by atoms with Crippen molar-refractivity contribution in [2.75, 3.05) is 0 Å². The third-order valence-corrected chi connectivity index (χ3v) is 4.57. The summed E-state index contributed by atoms with van der Waals surface area (Å²) in [6.07, 6.45) is -0.189. The van der Waals surface area contributed by atoms with Crippen LogP contribution in [0.5, 0.6) is 0 Å². The first kappa shape index (κ1) is 14.2. The van der Waals surface area contributed by atoms with E-state index in [4.69, 9.17) is 10.8 Å². The number of aliphatic carboxylic acids is 1. The monoisotopic (exact) mass is 271 g/mol. The molecule has 0 aliphatic heterocycles. The van der Waals surface area contributed by atoms with Crippen LogP contribution in [0.3, 0.4) is 0 Å². The molecular formula is C11H13NO5S. The Kier molecular flexibility index (Phi) is 4.07. The highest BCUT2D eigenvalue weighted by atomic mass is 32.2. The zero-order valence-electron chi connectivity index (χ0n) is 9.66. The fourth-order valence-corrected chi connectivity index (χ4v) is 2.56. The summed E-state index contributed by atoms with van der Waals surface area (Å²) in [4.78, 5) is 21.3. The number of sulfone groups is 1. The lowest BCUT2D eigenvalue weighted by molar-refractivity contribution is -0.136. The van der Waals surface area contributed by atoms with E-state index in [9.17, 15) is 18.0 Å². The van der Waals surface area contributed by atoms with Gasteiger partial charge >= 0.3 is 5.97 Å². The molecule has 1 aromatic carbocycles. The highest BCUT2D eigenvalue weighted by Crippen LogP contribution is 2.17. The van der Waals surface area contributed by atoms with Gasteiger partial charge in [0, 0.05) is 0 Å². The Morgan fingerprint density at radius 3 is 2.17 bits per heavy atom. The number of primary amides is 1. The summed E-state index contributed by atoms with van der Waals surface area (Å²) in [6, 6.07) is 5.34. The van der Waals surface area contributed by atoms with E-state index in [1.807, 2.05) is 0 Å². The first-order chi connectivity index (χ1) is 8.25. The van der Waals surface area contributed by atoms with E-state index in [0.29, 0.717) is 5.56 Å². The zero-order valence-corrected chi connectivity index (χ0v) is 10.5. The minimum atomic E-state index is -3.81. The van der Waals surface area contributed by atoms with Crippen LogP contribution in [0.25, 0.3) is 0 Å². The van der Waals surface area contributed by atoms with Gasteiger partial charge in [0.2, 0.25) is 5.91 Å². The number of hydrogen-bond donors (Lipinski definition) is 2. The number of carbonyl (C=O) groups is 2. The van der Waals surface area contributed by atoms with E-state index >= 15 is 0 Å². The molecule has 98 valence electrons. The van der Waals surface area contributed by atoms with Crippen LogP contribution < -0.4 is 5.73 Å². The van der Waals surface area contributed by atoms with E-state index in [0.717, 1.165) is 0 Å². The maximum Gasteiger partial charge on any atom is 0.307 e. The van der Waals surface area contributed by atoms with Crippen LogP contribution in [0.4, 0.5) is 0 Å². The van der Waals surface area contributed by atoms with Gasteiger partial charge in [-0.15, -0.1) is 0 Å². The summed E-state index contributed by atoms with van der Waals surface area (Å²) in [7, 11) is -3.81. The minimum Gasteiger partial charge on any atom is -0.481 e. The van der Waals surface area contributed by atoms with Crippen LogP contribution in [0.2, 0.25) is 0 Å². The molecule has 6 nitrogen and oxygen atoms in total. The van der Waals surface area contributed by atoms with E-state index < -0.39 is 27.0 Å². The van der Waals surface area contributed by atoms with Crippen molar-refractivity contribution in [1.82, 2.24) is 0 Å². The molecule has 1 unspecified atom stereocenters. The Bertz CT molecular complexity index is 562. The molecule has 0 aliphatic carbocycles. The van der Waals surface area contributed by atoms with Crippen molar-refractivity contribution in [2.45, 2.75) is 23.5 Å².